The highest BCUT2D eigenvalue weighted by atomic mass is 16.5. The van der Waals surface area contributed by atoms with Crippen molar-refractivity contribution in [2.45, 2.75) is 32.8 Å². The number of ether oxygens (including phenoxy) is 2. The van der Waals surface area contributed by atoms with Crippen LogP contribution in [0.4, 0.5) is 0 Å². The molecule has 0 fully saturated rings. The zero-order valence-corrected chi connectivity index (χ0v) is 18.1. The number of likely N-dealkylation sites (N-methyl/N-ethyl adjacent to an activating group) is 1. The second kappa shape index (κ2) is 10.7. The number of rotatable bonds is 4. The van der Waals surface area contributed by atoms with Gasteiger partial charge in [-0.3, -0.25) is 14.4 Å². The zero-order valence-electron chi connectivity index (χ0n) is 18.1. The summed E-state index contributed by atoms with van der Waals surface area (Å²) in [7, 11) is 3.78. The predicted octanol–water partition coefficient (Wildman–Crippen LogP) is 2.34. The first kappa shape index (κ1) is 24.0. The topological polar surface area (TPSA) is 110 Å². The molecule has 0 aromatic heterocycles. The Hall–Kier alpha value is -3.26. The molecule has 0 bridgehead atoms. The summed E-state index contributed by atoms with van der Waals surface area (Å²) in [5.74, 6) is -3.49. The van der Waals surface area contributed by atoms with E-state index in [2.05, 4.69) is 0 Å². The minimum Gasteiger partial charge on any atom is -0.507 e. The molecule has 1 aromatic carbocycles. The first-order valence-corrected chi connectivity index (χ1v) is 9.89. The van der Waals surface area contributed by atoms with E-state index in [0.717, 1.165) is 0 Å². The molecule has 8 heteroatoms. The number of Topliss-reactive ketones (excluding diaryl/α,β-unsaturated/α-hetero) is 3. The van der Waals surface area contributed by atoms with Crippen molar-refractivity contribution in [2.24, 2.45) is 0 Å². The highest BCUT2D eigenvalue weighted by Gasteiger charge is 2.24. The van der Waals surface area contributed by atoms with Crippen LogP contribution in [0.3, 0.4) is 0 Å². The number of ketones is 3. The minimum atomic E-state index is -1.07. The van der Waals surface area contributed by atoms with Crippen LogP contribution in [0.15, 0.2) is 29.9 Å². The van der Waals surface area contributed by atoms with E-state index in [9.17, 15) is 24.3 Å². The fourth-order valence-electron chi connectivity index (χ4n) is 2.77. The Morgan fingerprint density at radius 3 is 2.48 bits per heavy atom. The molecule has 0 unspecified atom stereocenters. The lowest BCUT2D eigenvalue weighted by Crippen LogP contribution is -2.23. The number of esters is 1. The van der Waals surface area contributed by atoms with E-state index in [1.54, 1.807) is 19.9 Å². The standard InChI is InChI=1S/C23H27NO7/c1-14-8-9-19(26)22(28)18(25)7-5-6-16-12-17(30-11-10-24(3)4)13-20(27)21(16)23(29)31-15(14)2/h5-6,8,12-13,15,27H,7,9-11H2,1-4H3/t15-/m0/s1. The molecule has 1 atom stereocenters. The first-order valence-electron chi connectivity index (χ1n) is 9.89. The quantitative estimate of drug-likeness (QED) is 0.441. The molecule has 0 spiro atoms. The molecule has 31 heavy (non-hydrogen) atoms. The molecule has 1 aliphatic heterocycles. The zero-order chi connectivity index (χ0) is 23.1. The second-order valence-corrected chi connectivity index (χ2v) is 7.54. The maximum atomic E-state index is 12.8. The number of phenols is 1. The molecule has 1 aromatic rings. The number of fused-ring (bicyclic) bond motifs is 1. The first-order chi connectivity index (χ1) is 14.6. The molecule has 0 saturated heterocycles. The number of phenolic OH excluding ortho intramolecular Hbond substituents is 1. The van der Waals surface area contributed by atoms with Crippen LogP contribution >= 0.6 is 0 Å². The van der Waals surface area contributed by atoms with Crippen molar-refractivity contribution in [2.75, 3.05) is 27.2 Å². The summed E-state index contributed by atoms with van der Waals surface area (Å²) < 4.78 is 11.1. The Morgan fingerprint density at radius 2 is 1.81 bits per heavy atom. The Morgan fingerprint density at radius 1 is 1.13 bits per heavy atom. The van der Waals surface area contributed by atoms with Crippen molar-refractivity contribution in [1.82, 2.24) is 4.90 Å². The summed E-state index contributed by atoms with van der Waals surface area (Å²) in [4.78, 5) is 50.7. The highest BCUT2D eigenvalue weighted by molar-refractivity contribution is 6.64. The van der Waals surface area contributed by atoms with Crippen LogP contribution in [0.25, 0.3) is 6.08 Å². The lowest BCUT2D eigenvalue weighted by Gasteiger charge is -2.17. The van der Waals surface area contributed by atoms with Gasteiger partial charge in [0.1, 0.15) is 29.8 Å². The van der Waals surface area contributed by atoms with Crippen LogP contribution in [0, 0.1) is 0 Å². The van der Waals surface area contributed by atoms with Crippen LogP contribution in [-0.4, -0.2) is 66.7 Å². The molecule has 0 amide bonds. The van der Waals surface area contributed by atoms with E-state index in [1.165, 1.54) is 24.3 Å². The molecule has 166 valence electrons. The summed E-state index contributed by atoms with van der Waals surface area (Å²) >= 11 is 0. The van der Waals surface area contributed by atoms with Gasteiger partial charge in [-0.25, -0.2) is 4.79 Å². The smallest absolute Gasteiger partial charge is 0.343 e. The minimum absolute atomic E-state index is 0.0808. The van der Waals surface area contributed by atoms with E-state index in [1.807, 2.05) is 19.0 Å². The fourth-order valence-corrected chi connectivity index (χ4v) is 2.77. The number of hydrogen-bond donors (Lipinski definition) is 1. The van der Waals surface area contributed by atoms with Gasteiger partial charge in [0, 0.05) is 25.5 Å². The fraction of sp³-hybridized carbons (Fsp3) is 0.391. The summed E-state index contributed by atoms with van der Waals surface area (Å²) in [6.45, 7) is 4.25. The van der Waals surface area contributed by atoms with Crippen molar-refractivity contribution >= 4 is 29.4 Å². The third-order valence-corrected chi connectivity index (χ3v) is 4.77. The normalized spacial score (nSPS) is 18.4. The lowest BCUT2D eigenvalue weighted by atomic mass is 10.0. The van der Waals surface area contributed by atoms with Crippen molar-refractivity contribution < 1.29 is 33.8 Å². The second-order valence-electron chi connectivity index (χ2n) is 7.54. The summed E-state index contributed by atoms with van der Waals surface area (Å²) in [5.41, 5.74) is 0.726. The van der Waals surface area contributed by atoms with Crippen LogP contribution < -0.4 is 4.74 Å². The summed E-state index contributed by atoms with van der Waals surface area (Å²) in [5, 5.41) is 10.5. The molecule has 0 saturated carbocycles. The van der Waals surface area contributed by atoms with Gasteiger partial charge in [-0.2, -0.15) is 0 Å². The van der Waals surface area contributed by atoms with Crippen LogP contribution in [-0.2, 0) is 19.1 Å². The van der Waals surface area contributed by atoms with Gasteiger partial charge in [-0.05, 0) is 45.1 Å². The van der Waals surface area contributed by atoms with Crippen molar-refractivity contribution in [1.29, 1.82) is 0 Å². The van der Waals surface area contributed by atoms with Gasteiger partial charge in [0.05, 0.1) is 0 Å². The average molecular weight is 429 g/mol. The van der Waals surface area contributed by atoms with Gasteiger partial charge in [-0.15, -0.1) is 0 Å². The SMILES string of the molecule is CC1=CCC(=O)C(=O)C(=O)CC=Cc2cc(OCCN(C)C)cc(O)c2C(=O)O[C@H]1C. The Bertz CT molecular complexity index is 943. The van der Waals surface area contributed by atoms with Gasteiger partial charge < -0.3 is 19.5 Å². The Labute approximate surface area is 181 Å². The Balaban J connectivity index is 2.45. The summed E-state index contributed by atoms with van der Waals surface area (Å²) in [6, 6.07) is 2.87. The van der Waals surface area contributed by atoms with Crippen LogP contribution in [0.1, 0.15) is 42.6 Å². The number of benzene rings is 1. The van der Waals surface area contributed by atoms with Gasteiger partial charge in [0.2, 0.25) is 11.6 Å². The number of nitrogens with zero attached hydrogens (tertiary/aromatic N) is 1. The van der Waals surface area contributed by atoms with E-state index < -0.39 is 29.4 Å². The monoisotopic (exact) mass is 429 g/mol. The van der Waals surface area contributed by atoms with Crippen LogP contribution in [0.5, 0.6) is 11.5 Å². The molecule has 1 heterocycles. The molecule has 1 aliphatic rings. The van der Waals surface area contributed by atoms with E-state index in [0.29, 0.717) is 24.5 Å². The number of carbonyl (C=O) groups is 4. The van der Waals surface area contributed by atoms with Crippen molar-refractivity contribution in [3.8, 4) is 11.5 Å². The summed E-state index contributed by atoms with van der Waals surface area (Å²) in [6.07, 6.45) is 2.96. The molecular formula is C23H27NO7. The van der Waals surface area contributed by atoms with E-state index in [4.69, 9.17) is 9.47 Å². The predicted molar refractivity (Wildman–Crippen MR) is 114 cm³/mol. The molecular weight excluding hydrogens is 402 g/mol. The third-order valence-electron chi connectivity index (χ3n) is 4.77. The highest BCUT2D eigenvalue weighted by Crippen LogP contribution is 2.30. The molecule has 0 aliphatic carbocycles. The number of carbonyl (C=O) groups excluding carboxylic acids is 4. The van der Waals surface area contributed by atoms with Crippen molar-refractivity contribution in [3.63, 3.8) is 0 Å². The number of aromatic hydroxyl groups is 1. The van der Waals surface area contributed by atoms with Gasteiger partial charge >= 0.3 is 5.97 Å². The Kier molecular flexibility index (Phi) is 8.27. The third kappa shape index (κ3) is 6.62. The molecule has 1 N–H and O–H groups in total. The average Bonchev–Trinajstić information content (AvgIpc) is 2.69. The largest absolute Gasteiger partial charge is 0.507 e. The lowest BCUT2D eigenvalue weighted by molar-refractivity contribution is -0.143. The number of hydrogen-bond acceptors (Lipinski definition) is 8. The molecule has 0 radical (unpaired) electrons. The molecule has 8 nitrogen and oxygen atoms in total. The maximum Gasteiger partial charge on any atom is 0.343 e. The van der Waals surface area contributed by atoms with E-state index in [-0.39, 0.29) is 29.7 Å². The maximum absolute atomic E-state index is 12.8. The van der Waals surface area contributed by atoms with Gasteiger partial charge in [0.15, 0.2) is 0 Å². The number of allylic oxidation sites excluding steroid dienone is 2. The van der Waals surface area contributed by atoms with Crippen molar-refractivity contribution in [3.05, 3.63) is 41.0 Å². The van der Waals surface area contributed by atoms with Crippen LogP contribution in [0.2, 0.25) is 0 Å². The van der Waals surface area contributed by atoms with Gasteiger partial charge in [-0.1, -0.05) is 18.2 Å². The van der Waals surface area contributed by atoms with Gasteiger partial charge in [0.25, 0.3) is 5.78 Å². The number of cyclic esters (lactones) is 1. The van der Waals surface area contributed by atoms with E-state index >= 15 is 0 Å². The molecule has 2 rings (SSSR count).